The van der Waals surface area contributed by atoms with Gasteiger partial charge in [0, 0.05) is 6.54 Å². The molecule has 1 amide bonds. The summed E-state index contributed by atoms with van der Waals surface area (Å²) in [5.74, 6) is 0.558. The normalized spacial score (nSPS) is 9.91. The van der Waals surface area contributed by atoms with E-state index in [0.29, 0.717) is 17.9 Å². The van der Waals surface area contributed by atoms with Gasteiger partial charge in [0.05, 0.1) is 11.6 Å². The van der Waals surface area contributed by atoms with Gasteiger partial charge in [0.15, 0.2) is 6.61 Å². The van der Waals surface area contributed by atoms with Crippen molar-refractivity contribution in [3.8, 4) is 22.9 Å². The van der Waals surface area contributed by atoms with Gasteiger partial charge in [-0.2, -0.15) is 5.26 Å². The molecule has 2 aromatic rings. The number of benzene rings is 2. The third-order valence-corrected chi connectivity index (χ3v) is 3.42. The van der Waals surface area contributed by atoms with Gasteiger partial charge in [0.2, 0.25) is 0 Å². The zero-order chi connectivity index (χ0) is 16.5. The minimum absolute atomic E-state index is 0.0277. The molecule has 0 aliphatic carbocycles. The van der Waals surface area contributed by atoms with Crippen molar-refractivity contribution in [3.05, 3.63) is 54.1 Å². The molecule has 0 aliphatic rings. The van der Waals surface area contributed by atoms with Gasteiger partial charge in [-0.1, -0.05) is 37.6 Å². The van der Waals surface area contributed by atoms with E-state index in [1.54, 1.807) is 12.1 Å². The van der Waals surface area contributed by atoms with E-state index in [2.05, 4.69) is 18.3 Å². The third kappa shape index (κ3) is 5.15. The van der Waals surface area contributed by atoms with Crippen LogP contribution in [0, 0.1) is 11.3 Å². The number of nitriles is 1. The number of ether oxygens (including phenoxy) is 1. The van der Waals surface area contributed by atoms with Gasteiger partial charge in [-0.05, 0) is 41.8 Å². The van der Waals surface area contributed by atoms with E-state index in [0.717, 1.165) is 24.0 Å². The number of carbonyl (C=O) groups excluding carboxylic acids is 1. The summed E-state index contributed by atoms with van der Waals surface area (Å²) >= 11 is 0. The van der Waals surface area contributed by atoms with E-state index in [1.165, 1.54) is 0 Å². The molecule has 0 aromatic heterocycles. The molecule has 4 heteroatoms. The van der Waals surface area contributed by atoms with E-state index >= 15 is 0 Å². The first-order valence-corrected chi connectivity index (χ1v) is 7.73. The summed E-state index contributed by atoms with van der Waals surface area (Å²) in [5.41, 5.74) is 2.71. The zero-order valence-electron chi connectivity index (χ0n) is 13.2. The van der Waals surface area contributed by atoms with Crippen molar-refractivity contribution in [2.24, 2.45) is 0 Å². The topological polar surface area (TPSA) is 62.1 Å². The molecule has 0 unspecified atom stereocenters. The van der Waals surface area contributed by atoms with Gasteiger partial charge in [-0.25, -0.2) is 0 Å². The number of unbranched alkanes of at least 4 members (excludes halogenated alkanes) is 1. The van der Waals surface area contributed by atoms with Crippen LogP contribution < -0.4 is 10.1 Å². The minimum atomic E-state index is -0.102. The first kappa shape index (κ1) is 16.6. The summed E-state index contributed by atoms with van der Waals surface area (Å²) in [6, 6.07) is 17.1. The first-order chi connectivity index (χ1) is 11.2. The largest absolute Gasteiger partial charge is 0.484 e. The second-order valence-corrected chi connectivity index (χ2v) is 5.21. The van der Waals surface area contributed by atoms with Crippen LogP contribution in [0.1, 0.15) is 25.3 Å². The molecule has 0 bridgehead atoms. The Labute approximate surface area is 136 Å². The predicted octanol–water partition coefficient (Wildman–Crippen LogP) is 3.52. The number of hydrogen-bond donors (Lipinski definition) is 1. The lowest BCUT2D eigenvalue weighted by atomic mass is 10.0. The maximum absolute atomic E-state index is 11.6. The van der Waals surface area contributed by atoms with Gasteiger partial charge >= 0.3 is 0 Å². The molecule has 23 heavy (non-hydrogen) atoms. The van der Waals surface area contributed by atoms with E-state index in [1.807, 2.05) is 36.4 Å². The van der Waals surface area contributed by atoms with Crippen LogP contribution in [0.4, 0.5) is 0 Å². The highest BCUT2D eigenvalue weighted by atomic mass is 16.5. The molecule has 0 atom stereocenters. The van der Waals surface area contributed by atoms with Gasteiger partial charge in [0.1, 0.15) is 5.75 Å². The number of nitrogens with one attached hydrogen (secondary N) is 1. The molecule has 118 valence electrons. The van der Waals surface area contributed by atoms with E-state index in [9.17, 15) is 4.79 Å². The molecule has 0 radical (unpaired) electrons. The molecule has 4 nitrogen and oxygen atoms in total. The second kappa shape index (κ2) is 8.60. The highest BCUT2D eigenvalue weighted by molar-refractivity contribution is 5.77. The van der Waals surface area contributed by atoms with Crippen molar-refractivity contribution in [1.82, 2.24) is 5.32 Å². The first-order valence-electron chi connectivity index (χ1n) is 7.73. The third-order valence-electron chi connectivity index (χ3n) is 3.42. The molecular weight excluding hydrogens is 288 g/mol. The molecule has 0 fully saturated rings. The smallest absolute Gasteiger partial charge is 0.257 e. The molecule has 0 saturated heterocycles. The number of carbonyl (C=O) groups is 1. The number of rotatable bonds is 7. The Balaban J connectivity index is 1.89. The molecule has 1 N–H and O–H groups in total. The van der Waals surface area contributed by atoms with Crippen LogP contribution in [0.3, 0.4) is 0 Å². The van der Waals surface area contributed by atoms with E-state index < -0.39 is 0 Å². The molecule has 0 heterocycles. The Morgan fingerprint density at radius 2 is 1.70 bits per heavy atom. The summed E-state index contributed by atoms with van der Waals surface area (Å²) in [7, 11) is 0. The quantitative estimate of drug-likeness (QED) is 0.796. The summed E-state index contributed by atoms with van der Waals surface area (Å²) in [4.78, 5) is 11.6. The molecule has 0 saturated carbocycles. The summed E-state index contributed by atoms with van der Waals surface area (Å²) in [6.07, 6.45) is 2.03. The molecule has 0 spiro atoms. The molecule has 0 aliphatic heterocycles. The van der Waals surface area contributed by atoms with Gasteiger partial charge in [-0.3, -0.25) is 4.79 Å². The standard InChI is InChI=1S/C19H20N2O2/c1-2-3-12-21-19(22)14-23-18-10-8-17(9-11-18)16-6-4-15(13-20)5-7-16/h4-11H,2-3,12,14H2,1H3,(H,21,22). The van der Waals surface area contributed by atoms with Gasteiger partial charge < -0.3 is 10.1 Å². The van der Waals surface area contributed by atoms with Crippen molar-refractivity contribution in [2.75, 3.05) is 13.2 Å². The fraction of sp³-hybridized carbons (Fsp3) is 0.263. The second-order valence-electron chi connectivity index (χ2n) is 5.21. The van der Waals surface area contributed by atoms with Crippen LogP contribution >= 0.6 is 0 Å². The van der Waals surface area contributed by atoms with E-state index in [-0.39, 0.29) is 12.5 Å². The average molecular weight is 308 g/mol. The molecule has 2 aromatic carbocycles. The Kier molecular flexibility index (Phi) is 6.19. The summed E-state index contributed by atoms with van der Waals surface area (Å²) in [5, 5.41) is 11.6. The fourth-order valence-corrected chi connectivity index (χ4v) is 2.09. The Morgan fingerprint density at radius 3 is 2.26 bits per heavy atom. The van der Waals surface area contributed by atoms with Crippen LogP contribution in [0.5, 0.6) is 5.75 Å². The lowest BCUT2D eigenvalue weighted by Crippen LogP contribution is -2.29. The lowest BCUT2D eigenvalue weighted by molar-refractivity contribution is -0.123. The van der Waals surface area contributed by atoms with Crippen molar-refractivity contribution >= 4 is 5.91 Å². The number of nitrogens with zero attached hydrogens (tertiary/aromatic N) is 1. The highest BCUT2D eigenvalue weighted by Crippen LogP contribution is 2.22. The predicted molar refractivity (Wildman–Crippen MR) is 90.0 cm³/mol. The Morgan fingerprint density at radius 1 is 1.09 bits per heavy atom. The lowest BCUT2D eigenvalue weighted by Gasteiger charge is -2.08. The van der Waals surface area contributed by atoms with Crippen LogP contribution in [0.25, 0.3) is 11.1 Å². The minimum Gasteiger partial charge on any atom is -0.484 e. The maximum atomic E-state index is 11.6. The van der Waals surface area contributed by atoms with Crippen molar-refractivity contribution < 1.29 is 9.53 Å². The Bertz CT molecular complexity index is 670. The maximum Gasteiger partial charge on any atom is 0.257 e. The van der Waals surface area contributed by atoms with Crippen LogP contribution in [0.15, 0.2) is 48.5 Å². The van der Waals surface area contributed by atoms with Crippen LogP contribution in [-0.4, -0.2) is 19.1 Å². The van der Waals surface area contributed by atoms with E-state index in [4.69, 9.17) is 10.00 Å². The SMILES string of the molecule is CCCCNC(=O)COc1ccc(-c2ccc(C#N)cc2)cc1. The Hall–Kier alpha value is -2.80. The number of amides is 1. The van der Waals surface area contributed by atoms with Crippen molar-refractivity contribution in [1.29, 1.82) is 5.26 Å². The van der Waals surface area contributed by atoms with Crippen molar-refractivity contribution in [3.63, 3.8) is 0 Å². The zero-order valence-corrected chi connectivity index (χ0v) is 13.2. The molecule has 2 rings (SSSR count). The van der Waals surface area contributed by atoms with Crippen LogP contribution in [-0.2, 0) is 4.79 Å². The highest BCUT2D eigenvalue weighted by Gasteiger charge is 2.03. The van der Waals surface area contributed by atoms with Crippen molar-refractivity contribution in [2.45, 2.75) is 19.8 Å². The molecular formula is C19H20N2O2. The monoisotopic (exact) mass is 308 g/mol. The van der Waals surface area contributed by atoms with Crippen LogP contribution in [0.2, 0.25) is 0 Å². The van der Waals surface area contributed by atoms with Gasteiger partial charge in [-0.15, -0.1) is 0 Å². The van der Waals surface area contributed by atoms with Gasteiger partial charge in [0.25, 0.3) is 5.91 Å². The average Bonchev–Trinajstić information content (AvgIpc) is 2.61. The summed E-state index contributed by atoms with van der Waals surface area (Å²) < 4.78 is 5.47. The number of hydrogen-bond acceptors (Lipinski definition) is 3. The fourth-order valence-electron chi connectivity index (χ4n) is 2.09. The summed E-state index contributed by atoms with van der Waals surface area (Å²) in [6.45, 7) is 2.80.